The van der Waals surface area contributed by atoms with Crippen LogP contribution in [-0.2, 0) is 9.63 Å². The van der Waals surface area contributed by atoms with Crippen LogP contribution in [0.1, 0.15) is 32.1 Å². The first-order valence-corrected chi connectivity index (χ1v) is 8.24. The van der Waals surface area contributed by atoms with E-state index in [1.54, 1.807) is 0 Å². The highest BCUT2D eigenvalue weighted by atomic mass is 35.5. The van der Waals surface area contributed by atoms with Crippen molar-refractivity contribution in [2.24, 2.45) is 10.9 Å². The number of benzene rings is 1. The van der Waals surface area contributed by atoms with Gasteiger partial charge in [0, 0.05) is 6.04 Å². The van der Waals surface area contributed by atoms with E-state index in [0.717, 1.165) is 31.7 Å². The second-order valence-electron chi connectivity index (χ2n) is 5.56. The second-order valence-corrected chi connectivity index (χ2v) is 5.97. The van der Waals surface area contributed by atoms with Gasteiger partial charge in [0.25, 0.3) is 0 Å². The Balaban J connectivity index is 1.62. The SMILES string of the molecule is N/C(CC(=O)NC1CCCC1)=N/OCCOc1ccc(F)cc1Cl. The first-order chi connectivity index (χ1) is 11.5. The summed E-state index contributed by atoms with van der Waals surface area (Å²) in [5.41, 5.74) is 5.64. The molecule has 1 fully saturated rings. The first kappa shape index (κ1) is 18.3. The smallest absolute Gasteiger partial charge is 0.227 e. The molecule has 1 aromatic rings. The maximum absolute atomic E-state index is 12.9. The molecule has 6 nitrogen and oxygen atoms in total. The van der Waals surface area contributed by atoms with Gasteiger partial charge in [-0.05, 0) is 31.0 Å². The Labute approximate surface area is 145 Å². The van der Waals surface area contributed by atoms with Crippen LogP contribution in [0.4, 0.5) is 4.39 Å². The first-order valence-electron chi connectivity index (χ1n) is 7.86. The largest absolute Gasteiger partial charge is 0.488 e. The van der Waals surface area contributed by atoms with E-state index in [4.69, 9.17) is 26.9 Å². The Morgan fingerprint density at radius 2 is 2.12 bits per heavy atom. The van der Waals surface area contributed by atoms with Crippen molar-refractivity contribution in [2.45, 2.75) is 38.1 Å². The van der Waals surface area contributed by atoms with Gasteiger partial charge in [-0.25, -0.2) is 4.39 Å². The average molecular weight is 358 g/mol. The van der Waals surface area contributed by atoms with Crippen molar-refractivity contribution in [1.82, 2.24) is 5.32 Å². The molecule has 0 aromatic heterocycles. The summed E-state index contributed by atoms with van der Waals surface area (Å²) in [4.78, 5) is 16.7. The predicted octanol–water partition coefficient (Wildman–Crippen LogP) is 2.60. The van der Waals surface area contributed by atoms with Crippen molar-refractivity contribution in [3.63, 3.8) is 0 Å². The molecule has 0 atom stereocenters. The third-order valence-corrected chi connectivity index (χ3v) is 3.87. The van der Waals surface area contributed by atoms with Gasteiger partial charge in [-0.2, -0.15) is 0 Å². The lowest BCUT2D eigenvalue weighted by atomic mass is 10.2. The van der Waals surface area contributed by atoms with Gasteiger partial charge in [0.15, 0.2) is 6.61 Å². The van der Waals surface area contributed by atoms with Crippen molar-refractivity contribution in [3.8, 4) is 5.75 Å². The maximum Gasteiger partial charge on any atom is 0.227 e. The average Bonchev–Trinajstić information content (AvgIpc) is 3.01. The summed E-state index contributed by atoms with van der Waals surface area (Å²) in [5.74, 6) is -0.127. The zero-order valence-corrected chi connectivity index (χ0v) is 14.0. The van der Waals surface area contributed by atoms with Gasteiger partial charge >= 0.3 is 0 Å². The van der Waals surface area contributed by atoms with E-state index >= 15 is 0 Å². The number of amidine groups is 1. The summed E-state index contributed by atoms with van der Waals surface area (Å²) in [7, 11) is 0. The molecule has 0 radical (unpaired) electrons. The Kier molecular flexibility index (Phi) is 7.11. The molecule has 0 spiro atoms. The molecule has 0 bridgehead atoms. The molecule has 2 rings (SSSR count). The zero-order valence-electron chi connectivity index (χ0n) is 13.3. The molecule has 8 heteroatoms. The fourth-order valence-corrected chi connectivity index (χ4v) is 2.68. The molecule has 1 amide bonds. The summed E-state index contributed by atoms with van der Waals surface area (Å²) < 4.78 is 18.2. The summed E-state index contributed by atoms with van der Waals surface area (Å²) in [6, 6.07) is 4.10. The van der Waals surface area contributed by atoms with Crippen molar-refractivity contribution in [1.29, 1.82) is 0 Å². The molecule has 0 unspecified atom stereocenters. The monoisotopic (exact) mass is 357 g/mol. The Morgan fingerprint density at radius 1 is 1.38 bits per heavy atom. The van der Waals surface area contributed by atoms with Gasteiger partial charge in [0.1, 0.15) is 24.0 Å². The molecule has 3 N–H and O–H groups in total. The minimum atomic E-state index is -0.433. The maximum atomic E-state index is 12.9. The molecule has 1 saturated carbocycles. The zero-order chi connectivity index (χ0) is 17.4. The highest BCUT2D eigenvalue weighted by molar-refractivity contribution is 6.32. The molecule has 1 aliphatic carbocycles. The number of ether oxygens (including phenoxy) is 1. The fourth-order valence-electron chi connectivity index (χ4n) is 2.46. The number of carbonyl (C=O) groups is 1. The highest BCUT2D eigenvalue weighted by Crippen LogP contribution is 2.24. The van der Waals surface area contributed by atoms with Crippen LogP contribution in [0.15, 0.2) is 23.4 Å². The van der Waals surface area contributed by atoms with E-state index in [1.165, 1.54) is 12.1 Å². The minimum absolute atomic E-state index is 0.00114. The lowest BCUT2D eigenvalue weighted by Gasteiger charge is -2.11. The van der Waals surface area contributed by atoms with E-state index in [2.05, 4.69) is 10.5 Å². The van der Waals surface area contributed by atoms with Gasteiger partial charge in [-0.15, -0.1) is 0 Å². The summed E-state index contributed by atoms with van der Waals surface area (Å²) in [6.45, 7) is 0.287. The Bertz CT molecular complexity index is 592. The Morgan fingerprint density at radius 3 is 2.83 bits per heavy atom. The van der Waals surface area contributed by atoms with E-state index in [-0.39, 0.29) is 42.4 Å². The van der Waals surface area contributed by atoms with Crippen molar-refractivity contribution in [2.75, 3.05) is 13.2 Å². The number of nitrogens with two attached hydrogens (primary N) is 1. The number of rotatable bonds is 8. The number of nitrogens with zero attached hydrogens (tertiary/aromatic N) is 1. The molecule has 0 heterocycles. The van der Waals surface area contributed by atoms with Gasteiger partial charge in [0.2, 0.25) is 5.91 Å². The van der Waals surface area contributed by atoms with Crippen LogP contribution in [0.25, 0.3) is 0 Å². The lowest BCUT2D eigenvalue weighted by Crippen LogP contribution is -2.35. The van der Waals surface area contributed by atoms with Crippen LogP contribution < -0.4 is 15.8 Å². The number of oxime groups is 1. The topological polar surface area (TPSA) is 85.9 Å². The number of amides is 1. The quantitative estimate of drug-likeness (QED) is 0.324. The van der Waals surface area contributed by atoms with Crippen LogP contribution in [0, 0.1) is 5.82 Å². The van der Waals surface area contributed by atoms with Gasteiger partial charge in [-0.3, -0.25) is 4.79 Å². The van der Waals surface area contributed by atoms with E-state index in [0.29, 0.717) is 5.75 Å². The summed E-state index contributed by atoms with van der Waals surface area (Å²) >= 11 is 5.82. The summed E-state index contributed by atoms with van der Waals surface area (Å²) in [5, 5.41) is 6.77. The number of halogens is 2. The predicted molar refractivity (Wildman–Crippen MR) is 89.5 cm³/mol. The van der Waals surface area contributed by atoms with Crippen LogP contribution >= 0.6 is 11.6 Å². The van der Waals surface area contributed by atoms with Crippen molar-refractivity contribution < 1.29 is 18.8 Å². The molecule has 0 aliphatic heterocycles. The van der Waals surface area contributed by atoms with E-state index < -0.39 is 5.82 Å². The van der Waals surface area contributed by atoms with Gasteiger partial charge in [-0.1, -0.05) is 29.6 Å². The van der Waals surface area contributed by atoms with E-state index in [9.17, 15) is 9.18 Å². The van der Waals surface area contributed by atoms with Gasteiger partial charge < -0.3 is 20.6 Å². The number of nitrogens with one attached hydrogen (secondary N) is 1. The number of hydrogen-bond acceptors (Lipinski definition) is 4. The molecule has 1 aromatic carbocycles. The lowest BCUT2D eigenvalue weighted by molar-refractivity contribution is -0.120. The van der Waals surface area contributed by atoms with E-state index in [1.807, 2.05) is 0 Å². The van der Waals surface area contributed by atoms with Crippen LogP contribution in [0.2, 0.25) is 5.02 Å². The third-order valence-electron chi connectivity index (χ3n) is 3.57. The van der Waals surface area contributed by atoms with Crippen LogP contribution in [-0.4, -0.2) is 31.0 Å². The van der Waals surface area contributed by atoms with Crippen molar-refractivity contribution >= 4 is 23.3 Å². The Hall–Kier alpha value is -2.02. The third kappa shape index (κ3) is 6.23. The summed E-state index contributed by atoms with van der Waals surface area (Å²) in [6.07, 6.45) is 4.33. The molecule has 132 valence electrons. The standard InChI is InChI=1S/C16H21ClFN3O3/c17-13-9-11(18)5-6-14(13)23-7-8-24-21-15(19)10-16(22)20-12-3-1-2-4-12/h5-6,9,12H,1-4,7-8,10H2,(H2,19,21)(H,20,22). The van der Waals surface area contributed by atoms with Gasteiger partial charge in [0.05, 0.1) is 11.4 Å². The van der Waals surface area contributed by atoms with Crippen LogP contribution in [0.5, 0.6) is 5.75 Å². The minimum Gasteiger partial charge on any atom is -0.488 e. The van der Waals surface area contributed by atoms with Crippen molar-refractivity contribution in [3.05, 3.63) is 29.0 Å². The highest BCUT2D eigenvalue weighted by Gasteiger charge is 2.17. The molecular formula is C16H21ClFN3O3. The second kappa shape index (κ2) is 9.32. The normalized spacial score (nSPS) is 15.3. The molecule has 0 saturated heterocycles. The number of carbonyl (C=O) groups excluding carboxylic acids is 1. The fraction of sp³-hybridized carbons (Fsp3) is 0.500. The molecular weight excluding hydrogens is 337 g/mol. The molecule has 1 aliphatic rings. The number of hydrogen-bond donors (Lipinski definition) is 2. The molecule has 24 heavy (non-hydrogen) atoms. The van der Waals surface area contributed by atoms with Crippen LogP contribution in [0.3, 0.4) is 0 Å².